The molecule has 1 saturated carbocycles. The van der Waals surface area contributed by atoms with Crippen LogP contribution in [0.1, 0.15) is 52.0 Å². The molecule has 0 unspecified atom stereocenters. The summed E-state index contributed by atoms with van der Waals surface area (Å²) < 4.78 is 18.6. The van der Waals surface area contributed by atoms with Crippen molar-refractivity contribution in [3.63, 3.8) is 0 Å². The average molecular weight is 389 g/mol. The largest absolute Gasteiger partial charge is 0.444 e. The van der Waals surface area contributed by atoms with E-state index in [1.54, 1.807) is 12.3 Å². The lowest BCUT2D eigenvalue weighted by molar-refractivity contribution is -0.122. The smallest absolute Gasteiger partial charge is 0.407 e. The number of hydrogen-bond donors (Lipinski definition) is 3. The lowest BCUT2D eigenvalue weighted by atomic mass is 9.96. The quantitative estimate of drug-likeness (QED) is 0.727. The summed E-state index contributed by atoms with van der Waals surface area (Å²) in [5, 5.41) is 6.76. The number of benzene rings is 1. The Morgan fingerprint density at radius 3 is 2.64 bits per heavy atom. The summed E-state index contributed by atoms with van der Waals surface area (Å²) in [4.78, 5) is 27.7. The van der Waals surface area contributed by atoms with Crippen molar-refractivity contribution in [1.29, 1.82) is 0 Å². The Balaban J connectivity index is 1.63. The number of amides is 2. The highest BCUT2D eigenvalue weighted by atomic mass is 19.1. The van der Waals surface area contributed by atoms with Gasteiger partial charge in [-0.2, -0.15) is 0 Å². The van der Waals surface area contributed by atoms with Crippen LogP contribution < -0.4 is 10.6 Å². The highest BCUT2D eigenvalue weighted by Crippen LogP contribution is 2.29. The van der Waals surface area contributed by atoms with Gasteiger partial charge in [0.1, 0.15) is 11.4 Å². The van der Waals surface area contributed by atoms with Gasteiger partial charge in [0.2, 0.25) is 5.91 Å². The summed E-state index contributed by atoms with van der Waals surface area (Å²) in [6.45, 7) is 5.78. The molecule has 152 valence electrons. The highest BCUT2D eigenvalue weighted by Gasteiger charge is 2.36. The van der Waals surface area contributed by atoms with E-state index in [-0.39, 0.29) is 18.1 Å². The maximum atomic E-state index is 13.3. The van der Waals surface area contributed by atoms with Crippen LogP contribution in [0.4, 0.5) is 9.18 Å². The van der Waals surface area contributed by atoms with Crippen molar-refractivity contribution in [1.82, 2.24) is 15.6 Å². The molecule has 3 N–H and O–H groups in total. The molecule has 0 spiro atoms. The Kier molecular flexibility index (Phi) is 5.63. The first kappa shape index (κ1) is 20.2. The van der Waals surface area contributed by atoms with Gasteiger partial charge in [-0.1, -0.05) is 12.8 Å². The van der Waals surface area contributed by atoms with E-state index in [0.29, 0.717) is 12.1 Å². The predicted octanol–water partition coefficient (Wildman–Crippen LogP) is 3.80. The molecule has 2 amide bonds. The number of alkyl carbamates (subject to hydrolysis) is 1. The number of fused-ring (bicyclic) bond motifs is 1. The van der Waals surface area contributed by atoms with Gasteiger partial charge >= 0.3 is 6.09 Å². The maximum absolute atomic E-state index is 13.3. The first-order valence-corrected chi connectivity index (χ1v) is 9.69. The van der Waals surface area contributed by atoms with Crippen LogP contribution in [0.15, 0.2) is 24.4 Å². The maximum Gasteiger partial charge on any atom is 0.407 e. The minimum Gasteiger partial charge on any atom is -0.444 e. The molecule has 1 aromatic carbocycles. The van der Waals surface area contributed by atoms with Gasteiger partial charge in [-0.05, 0) is 57.4 Å². The van der Waals surface area contributed by atoms with Gasteiger partial charge in [-0.3, -0.25) is 4.79 Å². The molecule has 1 aliphatic carbocycles. The van der Waals surface area contributed by atoms with Crippen molar-refractivity contribution in [2.75, 3.05) is 6.54 Å². The normalized spacial score (nSPS) is 16.1. The second-order valence-electron chi connectivity index (χ2n) is 8.57. The molecular formula is C21H28FN3O3. The zero-order chi connectivity index (χ0) is 20.4. The molecule has 0 bridgehead atoms. The third-order valence-corrected chi connectivity index (χ3v) is 5.02. The molecule has 1 fully saturated rings. The SMILES string of the molecule is CC(C)(C)OC(=O)NCC1(NC(=O)Cc2c[nH]c3cc(F)ccc23)CCCC1. The van der Waals surface area contributed by atoms with Gasteiger partial charge < -0.3 is 20.4 Å². The fourth-order valence-corrected chi connectivity index (χ4v) is 3.77. The van der Waals surface area contributed by atoms with E-state index in [9.17, 15) is 14.0 Å². The summed E-state index contributed by atoms with van der Waals surface area (Å²) in [6, 6.07) is 4.49. The average Bonchev–Trinajstić information content (AvgIpc) is 3.19. The Morgan fingerprint density at radius 1 is 1.25 bits per heavy atom. The van der Waals surface area contributed by atoms with Crippen LogP contribution in [0.3, 0.4) is 0 Å². The number of hydrogen-bond acceptors (Lipinski definition) is 3. The van der Waals surface area contributed by atoms with Crippen LogP contribution in [-0.4, -0.2) is 34.7 Å². The lowest BCUT2D eigenvalue weighted by Crippen LogP contribution is -2.54. The van der Waals surface area contributed by atoms with Crippen molar-refractivity contribution in [3.05, 3.63) is 35.8 Å². The van der Waals surface area contributed by atoms with Gasteiger partial charge in [0.15, 0.2) is 0 Å². The van der Waals surface area contributed by atoms with Crippen molar-refractivity contribution < 1.29 is 18.7 Å². The third-order valence-electron chi connectivity index (χ3n) is 5.02. The van der Waals surface area contributed by atoms with E-state index < -0.39 is 17.2 Å². The highest BCUT2D eigenvalue weighted by molar-refractivity contribution is 5.89. The number of aromatic amines is 1. The summed E-state index contributed by atoms with van der Waals surface area (Å²) in [6.07, 6.45) is 5.09. The Morgan fingerprint density at radius 2 is 1.96 bits per heavy atom. The minimum atomic E-state index is -0.565. The fourth-order valence-electron chi connectivity index (χ4n) is 3.77. The van der Waals surface area contributed by atoms with Gasteiger partial charge in [-0.15, -0.1) is 0 Å². The van der Waals surface area contributed by atoms with E-state index >= 15 is 0 Å². The number of ether oxygens (including phenoxy) is 1. The van der Waals surface area contributed by atoms with Gasteiger partial charge in [0, 0.05) is 23.6 Å². The zero-order valence-corrected chi connectivity index (χ0v) is 16.7. The Labute approximate surface area is 164 Å². The molecule has 1 aromatic heterocycles. The monoisotopic (exact) mass is 389 g/mol. The number of rotatable bonds is 5. The molecule has 28 heavy (non-hydrogen) atoms. The van der Waals surface area contributed by atoms with Gasteiger partial charge in [0.05, 0.1) is 12.0 Å². The molecule has 6 nitrogen and oxygen atoms in total. The van der Waals surface area contributed by atoms with Gasteiger partial charge in [-0.25, -0.2) is 9.18 Å². The lowest BCUT2D eigenvalue weighted by Gasteiger charge is -2.31. The first-order chi connectivity index (χ1) is 13.2. The first-order valence-electron chi connectivity index (χ1n) is 9.69. The fraction of sp³-hybridized carbons (Fsp3) is 0.524. The molecule has 0 saturated heterocycles. The zero-order valence-electron chi connectivity index (χ0n) is 16.7. The molecule has 0 atom stereocenters. The van der Waals surface area contributed by atoms with Crippen molar-refractivity contribution in [3.8, 4) is 0 Å². The molecule has 1 aliphatic rings. The topological polar surface area (TPSA) is 83.2 Å². The predicted molar refractivity (Wildman–Crippen MR) is 106 cm³/mol. The Hall–Kier alpha value is -2.57. The van der Waals surface area contributed by atoms with Crippen molar-refractivity contribution in [2.24, 2.45) is 0 Å². The molecule has 0 radical (unpaired) electrons. The minimum absolute atomic E-state index is 0.113. The van der Waals surface area contributed by atoms with E-state index in [1.807, 2.05) is 20.8 Å². The second kappa shape index (κ2) is 7.81. The van der Waals surface area contributed by atoms with Crippen LogP contribution >= 0.6 is 0 Å². The summed E-state index contributed by atoms with van der Waals surface area (Å²) >= 11 is 0. The molecule has 0 aliphatic heterocycles. The summed E-state index contributed by atoms with van der Waals surface area (Å²) in [5.41, 5.74) is 0.475. The van der Waals surface area contributed by atoms with E-state index in [2.05, 4.69) is 15.6 Å². The summed E-state index contributed by atoms with van der Waals surface area (Å²) in [5.74, 6) is -0.429. The van der Waals surface area contributed by atoms with Crippen LogP contribution in [-0.2, 0) is 16.0 Å². The number of H-pyrrole nitrogens is 1. The molecule has 1 heterocycles. The molecule has 2 aromatic rings. The second-order valence-corrected chi connectivity index (χ2v) is 8.57. The van der Waals surface area contributed by atoms with Crippen molar-refractivity contribution >= 4 is 22.9 Å². The van der Waals surface area contributed by atoms with E-state index in [0.717, 1.165) is 36.6 Å². The number of nitrogens with one attached hydrogen (secondary N) is 3. The molecule has 3 rings (SSSR count). The molecule has 7 heteroatoms. The number of carbonyl (C=O) groups excluding carboxylic acids is 2. The van der Waals surface area contributed by atoms with Crippen molar-refractivity contribution in [2.45, 2.75) is 64.0 Å². The van der Waals surface area contributed by atoms with E-state index in [1.165, 1.54) is 12.1 Å². The van der Waals surface area contributed by atoms with Gasteiger partial charge in [0.25, 0.3) is 0 Å². The number of halogens is 1. The molecular weight excluding hydrogens is 361 g/mol. The standard InChI is InChI=1S/C21H28FN3O3/c1-20(2,3)28-19(27)24-13-21(8-4-5-9-21)25-18(26)10-14-12-23-17-11-15(22)6-7-16(14)17/h6-7,11-12,23H,4-5,8-10,13H2,1-3H3,(H,24,27)(H,25,26). The van der Waals surface area contributed by atoms with Crippen LogP contribution in [0.2, 0.25) is 0 Å². The third kappa shape index (κ3) is 5.03. The van der Waals surface area contributed by atoms with E-state index in [4.69, 9.17) is 4.74 Å². The van der Waals surface area contributed by atoms with Crippen LogP contribution in [0, 0.1) is 5.82 Å². The summed E-state index contributed by atoms with van der Waals surface area (Å²) in [7, 11) is 0. The number of carbonyl (C=O) groups is 2. The number of aromatic nitrogens is 1. The van der Waals surface area contributed by atoms with Crippen LogP contribution in [0.5, 0.6) is 0 Å². The van der Waals surface area contributed by atoms with Crippen LogP contribution in [0.25, 0.3) is 10.9 Å². The Bertz CT molecular complexity index is 863.